The van der Waals surface area contributed by atoms with Crippen LogP contribution in [0.4, 0.5) is 0 Å². The largest absolute Gasteiger partial charge is 0.321 e. The number of benzene rings is 1. The lowest BCUT2D eigenvalue weighted by Gasteiger charge is -1.96. The molecule has 1 heterocycles. The Kier molecular flexibility index (Phi) is 1.45. The van der Waals surface area contributed by atoms with E-state index < -0.39 is 0 Å². The summed E-state index contributed by atoms with van der Waals surface area (Å²) in [6.07, 6.45) is 0. The third-order valence-electron chi connectivity index (χ3n) is 2.60. The minimum absolute atomic E-state index is 0.0168. The maximum Gasteiger partial charge on any atom is 0.248 e. The maximum absolute atomic E-state index is 11.9. The molecular formula is C12H7NO2. The van der Waals surface area contributed by atoms with Gasteiger partial charge in [0.1, 0.15) is 0 Å². The lowest BCUT2D eigenvalue weighted by molar-refractivity contribution is 0.104. The van der Waals surface area contributed by atoms with Crippen LogP contribution in [0.5, 0.6) is 0 Å². The highest BCUT2D eigenvalue weighted by Gasteiger charge is 2.26. The van der Waals surface area contributed by atoms with E-state index >= 15 is 0 Å². The van der Waals surface area contributed by atoms with Crippen molar-refractivity contribution in [2.45, 2.75) is 0 Å². The third kappa shape index (κ3) is 1.00. The van der Waals surface area contributed by atoms with Gasteiger partial charge in [0.25, 0.3) is 0 Å². The molecule has 0 aliphatic heterocycles. The summed E-state index contributed by atoms with van der Waals surface area (Å²) < 4.78 is 0. The van der Waals surface area contributed by atoms with Crippen molar-refractivity contribution in [3.63, 3.8) is 0 Å². The van der Waals surface area contributed by atoms with Gasteiger partial charge in [0.2, 0.25) is 5.56 Å². The Labute approximate surface area is 85.4 Å². The normalized spacial score (nSPS) is 12.4. The van der Waals surface area contributed by atoms with E-state index in [4.69, 9.17) is 0 Å². The molecule has 3 rings (SSSR count). The first kappa shape index (κ1) is 8.17. The standard InChI is InChI=1S/C12H7NO2/c14-10-6-5-9-11(13-10)7-3-1-2-4-8(7)12(9)15/h1-6H,(H,13,14). The van der Waals surface area contributed by atoms with Gasteiger partial charge in [-0.05, 0) is 6.07 Å². The van der Waals surface area contributed by atoms with Crippen LogP contribution in [0.15, 0.2) is 41.2 Å². The molecule has 1 aliphatic rings. The zero-order valence-corrected chi connectivity index (χ0v) is 7.78. The summed E-state index contributed by atoms with van der Waals surface area (Å²) in [7, 11) is 0. The van der Waals surface area contributed by atoms with Crippen molar-refractivity contribution in [2.75, 3.05) is 0 Å². The smallest absolute Gasteiger partial charge is 0.248 e. The number of pyridine rings is 1. The fourth-order valence-corrected chi connectivity index (χ4v) is 1.92. The number of aromatic nitrogens is 1. The van der Waals surface area contributed by atoms with Crippen molar-refractivity contribution in [2.24, 2.45) is 0 Å². The van der Waals surface area contributed by atoms with E-state index in [9.17, 15) is 9.59 Å². The quantitative estimate of drug-likeness (QED) is 0.595. The van der Waals surface area contributed by atoms with Gasteiger partial charge in [-0.3, -0.25) is 9.59 Å². The number of hydrogen-bond acceptors (Lipinski definition) is 2. The van der Waals surface area contributed by atoms with Gasteiger partial charge < -0.3 is 4.98 Å². The summed E-state index contributed by atoms with van der Waals surface area (Å²) in [4.78, 5) is 25.8. The molecule has 1 aromatic carbocycles. The van der Waals surface area contributed by atoms with Gasteiger partial charge in [0, 0.05) is 22.8 Å². The van der Waals surface area contributed by atoms with E-state index in [1.54, 1.807) is 12.1 Å². The Bertz CT molecular complexity index is 626. The summed E-state index contributed by atoms with van der Waals surface area (Å²) in [6.45, 7) is 0. The number of carbonyl (C=O) groups excluding carboxylic acids is 1. The summed E-state index contributed by atoms with van der Waals surface area (Å²) in [5.41, 5.74) is 2.52. The molecule has 1 aliphatic carbocycles. The van der Waals surface area contributed by atoms with Crippen LogP contribution in [0.1, 0.15) is 15.9 Å². The van der Waals surface area contributed by atoms with Crippen LogP contribution in [0.3, 0.4) is 0 Å². The van der Waals surface area contributed by atoms with Gasteiger partial charge in [-0.1, -0.05) is 24.3 Å². The van der Waals surface area contributed by atoms with Crippen LogP contribution in [0.2, 0.25) is 0 Å². The molecule has 3 nitrogen and oxygen atoms in total. The van der Waals surface area contributed by atoms with Gasteiger partial charge in [0.15, 0.2) is 5.78 Å². The van der Waals surface area contributed by atoms with Crippen molar-refractivity contribution >= 4 is 5.78 Å². The number of hydrogen-bond donors (Lipinski definition) is 1. The fraction of sp³-hybridized carbons (Fsp3) is 0. The van der Waals surface area contributed by atoms with Crippen LogP contribution >= 0.6 is 0 Å². The van der Waals surface area contributed by atoms with E-state index in [1.165, 1.54) is 6.07 Å². The molecule has 0 fully saturated rings. The Morgan fingerprint density at radius 3 is 2.33 bits per heavy atom. The number of rotatable bonds is 0. The van der Waals surface area contributed by atoms with Crippen molar-refractivity contribution in [3.05, 3.63) is 57.9 Å². The summed E-state index contributed by atoms with van der Waals surface area (Å²) in [5.74, 6) is -0.0168. The van der Waals surface area contributed by atoms with Gasteiger partial charge in [-0.15, -0.1) is 0 Å². The molecule has 72 valence electrons. The molecule has 0 saturated carbocycles. The van der Waals surface area contributed by atoms with Crippen molar-refractivity contribution in [3.8, 4) is 11.3 Å². The van der Waals surface area contributed by atoms with Crippen molar-refractivity contribution < 1.29 is 4.79 Å². The number of ketones is 1. The van der Waals surface area contributed by atoms with E-state index in [0.29, 0.717) is 16.8 Å². The van der Waals surface area contributed by atoms with E-state index in [1.807, 2.05) is 18.2 Å². The average Bonchev–Trinajstić information content (AvgIpc) is 2.54. The number of nitrogens with one attached hydrogen (secondary N) is 1. The van der Waals surface area contributed by atoms with Crippen LogP contribution in [0.25, 0.3) is 11.3 Å². The molecule has 15 heavy (non-hydrogen) atoms. The molecule has 3 heteroatoms. The lowest BCUT2D eigenvalue weighted by Crippen LogP contribution is -2.05. The molecule has 0 atom stereocenters. The summed E-state index contributed by atoms with van der Waals surface area (Å²) >= 11 is 0. The summed E-state index contributed by atoms with van der Waals surface area (Å²) in [5, 5.41) is 0. The predicted octanol–water partition coefficient (Wildman–Crippen LogP) is 1.59. The Hall–Kier alpha value is -2.16. The molecule has 0 unspecified atom stereocenters. The zero-order chi connectivity index (χ0) is 10.4. The highest BCUT2D eigenvalue weighted by atomic mass is 16.1. The Morgan fingerprint density at radius 1 is 0.800 bits per heavy atom. The van der Waals surface area contributed by atoms with Gasteiger partial charge >= 0.3 is 0 Å². The molecular weight excluding hydrogens is 190 g/mol. The molecule has 0 bridgehead atoms. The fourth-order valence-electron chi connectivity index (χ4n) is 1.92. The number of H-pyrrole nitrogens is 1. The topological polar surface area (TPSA) is 49.9 Å². The third-order valence-corrected chi connectivity index (χ3v) is 2.60. The molecule has 0 amide bonds. The van der Waals surface area contributed by atoms with Crippen molar-refractivity contribution in [1.82, 2.24) is 4.98 Å². The predicted molar refractivity (Wildman–Crippen MR) is 55.9 cm³/mol. The molecule has 2 aromatic rings. The maximum atomic E-state index is 11.9. The van der Waals surface area contributed by atoms with Gasteiger partial charge in [0.05, 0.1) is 5.69 Å². The number of fused-ring (bicyclic) bond motifs is 3. The number of aromatic amines is 1. The first-order valence-electron chi connectivity index (χ1n) is 4.65. The highest BCUT2D eigenvalue weighted by Crippen LogP contribution is 2.33. The van der Waals surface area contributed by atoms with E-state index in [2.05, 4.69) is 4.98 Å². The molecule has 0 saturated heterocycles. The van der Waals surface area contributed by atoms with Crippen LogP contribution in [0, 0.1) is 0 Å². The van der Waals surface area contributed by atoms with E-state index in [0.717, 1.165) is 5.56 Å². The van der Waals surface area contributed by atoms with Crippen LogP contribution in [-0.2, 0) is 0 Å². The molecule has 0 spiro atoms. The van der Waals surface area contributed by atoms with Gasteiger partial charge in [-0.2, -0.15) is 0 Å². The minimum Gasteiger partial charge on any atom is -0.321 e. The first-order valence-corrected chi connectivity index (χ1v) is 4.65. The number of carbonyl (C=O) groups is 1. The highest BCUT2D eigenvalue weighted by molar-refractivity contribution is 6.20. The lowest BCUT2D eigenvalue weighted by atomic mass is 10.1. The second kappa shape index (κ2) is 2.67. The van der Waals surface area contributed by atoms with Gasteiger partial charge in [-0.25, -0.2) is 0 Å². The molecule has 1 N–H and O–H groups in total. The molecule has 1 aromatic heterocycles. The molecule has 0 radical (unpaired) electrons. The SMILES string of the molecule is O=C1c2ccccc2-c2[nH]c(=O)ccc21. The second-order valence-electron chi connectivity index (χ2n) is 3.49. The Morgan fingerprint density at radius 2 is 1.53 bits per heavy atom. The zero-order valence-electron chi connectivity index (χ0n) is 7.78. The monoisotopic (exact) mass is 197 g/mol. The first-order chi connectivity index (χ1) is 7.27. The minimum atomic E-state index is -0.182. The van der Waals surface area contributed by atoms with Crippen molar-refractivity contribution in [1.29, 1.82) is 0 Å². The summed E-state index contributed by atoms with van der Waals surface area (Å²) in [6, 6.07) is 10.2. The average molecular weight is 197 g/mol. The second-order valence-corrected chi connectivity index (χ2v) is 3.49. The van der Waals surface area contributed by atoms with Crippen LogP contribution < -0.4 is 5.56 Å². The van der Waals surface area contributed by atoms with E-state index in [-0.39, 0.29) is 11.3 Å². The Balaban J connectivity index is 2.44. The van der Waals surface area contributed by atoms with Crippen LogP contribution in [-0.4, -0.2) is 10.8 Å².